The van der Waals surface area contributed by atoms with Crippen molar-refractivity contribution in [3.8, 4) is 12.3 Å². The van der Waals surface area contributed by atoms with Gasteiger partial charge in [0.1, 0.15) is 5.69 Å². The average Bonchev–Trinajstić information content (AvgIpc) is 2.67. The zero-order valence-electron chi connectivity index (χ0n) is 9.46. The van der Waals surface area contributed by atoms with Gasteiger partial charge in [0.15, 0.2) is 0 Å². The van der Waals surface area contributed by atoms with Gasteiger partial charge >= 0.3 is 0 Å². The number of hydrogen-bond donors (Lipinski definition) is 1. The summed E-state index contributed by atoms with van der Waals surface area (Å²) in [7, 11) is 0. The Balaban J connectivity index is 2.84. The van der Waals surface area contributed by atoms with Crippen molar-refractivity contribution in [3.63, 3.8) is 0 Å². The zero-order chi connectivity index (χ0) is 12.1. The highest BCUT2D eigenvalue weighted by Crippen LogP contribution is 2.14. The number of aromatic nitrogens is 1. The topological polar surface area (TPSA) is 34.0 Å². The third-order valence-electron chi connectivity index (χ3n) is 2.35. The lowest BCUT2D eigenvalue weighted by molar-refractivity contribution is 0.0936. The molecule has 0 saturated heterocycles. The number of aryl methyl sites for hydroxylation is 1. The van der Waals surface area contributed by atoms with Crippen LogP contribution in [0.3, 0.4) is 0 Å². The molecule has 1 aromatic heterocycles. The van der Waals surface area contributed by atoms with Crippen LogP contribution in [0.5, 0.6) is 0 Å². The molecule has 1 amide bonds. The molecule has 1 atom stereocenters. The van der Waals surface area contributed by atoms with Gasteiger partial charge in [-0.25, -0.2) is 0 Å². The molecule has 4 heteroatoms. The third kappa shape index (κ3) is 2.80. The summed E-state index contributed by atoms with van der Waals surface area (Å²) in [4.78, 5) is 11.9. The summed E-state index contributed by atoms with van der Waals surface area (Å²) in [5, 5.41) is 3.32. The van der Waals surface area contributed by atoms with Crippen molar-refractivity contribution in [1.29, 1.82) is 0 Å². The maximum Gasteiger partial charge on any atom is 0.268 e. The molecule has 1 heterocycles. The van der Waals surface area contributed by atoms with Gasteiger partial charge in [-0.15, -0.1) is 6.42 Å². The molecule has 0 aliphatic rings. The van der Waals surface area contributed by atoms with E-state index in [1.54, 1.807) is 16.8 Å². The van der Waals surface area contributed by atoms with Crippen molar-refractivity contribution in [2.75, 3.05) is 0 Å². The Morgan fingerprint density at radius 1 is 1.69 bits per heavy atom. The molecule has 16 heavy (non-hydrogen) atoms. The Hall–Kier alpha value is -1.40. The van der Waals surface area contributed by atoms with E-state index in [-0.39, 0.29) is 11.9 Å². The van der Waals surface area contributed by atoms with Crippen LogP contribution in [0.15, 0.2) is 12.3 Å². The van der Waals surface area contributed by atoms with E-state index < -0.39 is 0 Å². The number of carbonyl (C=O) groups is 1. The second-order valence-corrected chi connectivity index (χ2v) is 3.87. The van der Waals surface area contributed by atoms with Crippen LogP contribution in [-0.2, 0) is 6.54 Å². The first-order chi connectivity index (χ1) is 7.62. The molecule has 1 rings (SSSR count). The Morgan fingerprint density at radius 3 is 2.88 bits per heavy atom. The fourth-order valence-corrected chi connectivity index (χ4v) is 1.64. The van der Waals surface area contributed by atoms with Gasteiger partial charge in [-0.2, -0.15) is 0 Å². The number of nitrogens with one attached hydrogen (secondary N) is 1. The fourth-order valence-electron chi connectivity index (χ4n) is 1.42. The Kier molecular flexibility index (Phi) is 4.45. The smallest absolute Gasteiger partial charge is 0.268 e. The normalized spacial score (nSPS) is 11.9. The summed E-state index contributed by atoms with van der Waals surface area (Å²) in [6.45, 7) is 4.57. The Bertz CT molecular complexity index is 417. The van der Waals surface area contributed by atoms with E-state index in [0.29, 0.717) is 23.7 Å². The van der Waals surface area contributed by atoms with Crippen LogP contribution in [0.1, 0.15) is 30.8 Å². The van der Waals surface area contributed by atoms with Gasteiger partial charge in [0.25, 0.3) is 5.91 Å². The largest absolute Gasteiger partial charge is 0.342 e. The maximum atomic E-state index is 11.9. The molecule has 3 nitrogen and oxygen atoms in total. The van der Waals surface area contributed by atoms with E-state index in [1.807, 2.05) is 13.8 Å². The van der Waals surface area contributed by atoms with E-state index in [1.165, 1.54) is 0 Å². The Morgan fingerprint density at radius 2 is 2.38 bits per heavy atom. The maximum absolute atomic E-state index is 11.9. The number of amides is 1. The van der Waals surface area contributed by atoms with E-state index in [2.05, 4.69) is 11.2 Å². The van der Waals surface area contributed by atoms with Crippen molar-refractivity contribution < 1.29 is 4.79 Å². The predicted octanol–water partition coefficient (Wildman–Crippen LogP) is 2.30. The standard InChI is InChI=1S/C12H15ClN2O/c1-4-10(5-2)14-12(16)11-7-9(13)8-15(11)6-3/h1,7-8,10H,5-6H2,2-3H3,(H,14,16). The van der Waals surface area contributed by atoms with E-state index in [9.17, 15) is 4.79 Å². The summed E-state index contributed by atoms with van der Waals surface area (Å²) in [5.41, 5.74) is 0.543. The molecule has 0 bridgehead atoms. The van der Waals surface area contributed by atoms with E-state index >= 15 is 0 Å². The highest BCUT2D eigenvalue weighted by molar-refractivity contribution is 6.31. The number of halogens is 1. The third-order valence-corrected chi connectivity index (χ3v) is 2.56. The van der Waals surface area contributed by atoms with Crippen molar-refractivity contribution >= 4 is 17.5 Å². The summed E-state index contributed by atoms with van der Waals surface area (Å²) >= 11 is 5.85. The second-order valence-electron chi connectivity index (χ2n) is 3.43. The summed E-state index contributed by atoms with van der Waals surface area (Å²) in [6, 6.07) is 1.41. The van der Waals surface area contributed by atoms with Gasteiger partial charge in [-0.3, -0.25) is 4.79 Å². The molecule has 0 spiro atoms. The van der Waals surface area contributed by atoms with Crippen molar-refractivity contribution in [2.24, 2.45) is 0 Å². The molecule has 0 radical (unpaired) electrons. The molecule has 0 aliphatic carbocycles. The number of carbonyl (C=O) groups excluding carboxylic acids is 1. The highest BCUT2D eigenvalue weighted by atomic mass is 35.5. The molecule has 0 fully saturated rings. The number of hydrogen-bond acceptors (Lipinski definition) is 1. The fraction of sp³-hybridized carbons (Fsp3) is 0.417. The molecule has 1 aromatic rings. The minimum Gasteiger partial charge on any atom is -0.342 e. The first kappa shape index (κ1) is 12.7. The zero-order valence-corrected chi connectivity index (χ0v) is 10.2. The summed E-state index contributed by atoms with van der Waals surface area (Å²) in [6.07, 6.45) is 7.73. The van der Waals surface area contributed by atoms with Gasteiger partial charge in [-0.05, 0) is 19.4 Å². The summed E-state index contributed by atoms with van der Waals surface area (Å²) in [5.74, 6) is 2.34. The Labute approximate surface area is 101 Å². The van der Waals surface area contributed by atoms with Crippen LogP contribution >= 0.6 is 11.6 Å². The van der Waals surface area contributed by atoms with Crippen LogP contribution in [0.4, 0.5) is 0 Å². The molecule has 86 valence electrons. The lowest BCUT2D eigenvalue weighted by Crippen LogP contribution is -2.34. The molecule has 1 N–H and O–H groups in total. The second kappa shape index (κ2) is 5.62. The van der Waals surface area contributed by atoms with Crippen LogP contribution in [0.25, 0.3) is 0 Å². The first-order valence-electron chi connectivity index (χ1n) is 5.25. The number of nitrogens with zero attached hydrogens (tertiary/aromatic N) is 1. The molecule has 0 aromatic carbocycles. The van der Waals surface area contributed by atoms with Gasteiger partial charge in [0, 0.05) is 12.7 Å². The molecule has 0 aliphatic heterocycles. The molecular weight excluding hydrogens is 224 g/mol. The average molecular weight is 239 g/mol. The monoisotopic (exact) mass is 238 g/mol. The number of terminal acetylenes is 1. The lowest BCUT2D eigenvalue weighted by Gasteiger charge is -2.11. The summed E-state index contributed by atoms with van der Waals surface area (Å²) < 4.78 is 1.79. The van der Waals surface area contributed by atoms with Crippen LogP contribution in [0.2, 0.25) is 5.02 Å². The van der Waals surface area contributed by atoms with E-state index in [4.69, 9.17) is 18.0 Å². The lowest BCUT2D eigenvalue weighted by atomic mass is 10.2. The van der Waals surface area contributed by atoms with Gasteiger partial charge in [0.2, 0.25) is 0 Å². The van der Waals surface area contributed by atoms with Crippen LogP contribution in [-0.4, -0.2) is 16.5 Å². The predicted molar refractivity (Wildman–Crippen MR) is 65.5 cm³/mol. The minimum absolute atomic E-state index is 0.182. The first-order valence-corrected chi connectivity index (χ1v) is 5.62. The van der Waals surface area contributed by atoms with Crippen molar-refractivity contribution in [1.82, 2.24) is 9.88 Å². The van der Waals surface area contributed by atoms with Crippen molar-refractivity contribution in [2.45, 2.75) is 32.9 Å². The molecule has 0 saturated carbocycles. The minimum atomic E-state index is -0.230. The van der Waals surface area contributed by atoms with Gasteiger partial charge < -0.3 is 9.88 Å². The van der Waals surface area contributed by atoms with Crippen LogP contribution < -0.4 is 5.32 Å². The van der Waals surface area contributed by atoms with Gasteiger partial charge in [-0.1, -0.05) is 24.4 Å². The molecular formula is C12H15ClN2O. The van der Waals surface area contributed by atoms with Gasteiger partial charge in [0.05, 0.1) is 11.1 Å². The van der Waals surface area contributed by atoms with Crippen LogP contribution in [0, 0.1) is 12.3 Å². The van der Waals surface area contributed by atoms with Crippen molar-refractivity contribution in [3.05, 3.63) is 23.0 Å². The quantitative estimate of drug-likeness (QED) is 0.803. The van der Waals surface area contributed by atoms with E-state index in [0.717, 1.165) is 0 Å². The molecule has 1 unspecified atom stereocenters. The highest BCUT2D eigenvalue weighted by Gasteiger charge is 2.14. The number of rotatable bonds is 4. The SMILES string of the molecule is C#CC(CC)NC(=O)c1cc(Cl)cn1CC.